The standard InChI is InChI=1S/C8H11N3O2S/c12-4-6-2-1-3-11(6)8(13)7-5-14-10-9-7/h5-6,12H,1-4H2. The molecule has 1 aliphatic rings. The van der Waals surface area contributed by atoms with Crippen LogP contribution in [0.1, 0.15) is 23.3 Å². The first kappa shape index (κ1) is 9.54. The summed E-state index contributed by atoms with van der Waals surface area (Å²) in [5.41, 5.74) is 0.385. The highest BCUT2D eigenvalue weighted by atomic mass is 32.1. The maximum atomic E-state index is 11.8. The summed E-state index contributed by atoms with van der Waals surface area (Å²) in [6, 6.07) is -0.0378. The monoisotopic (exact) mass is 213 g/mol. The van der Waals surface area contributed by atoms with Gasteiger partial charge >= 0.3 is 0 Å². The van der Waals surface area contributed by atoms with Crippen LogP contribution < -0.4 is 0 Å². The van der Waals surface area contributed by atoms with Crippen LogP contribution in [0.3, 0.4) is 0 Å². The first-order valence-corrected chi connectivity index (χ1v) is 5.35. The molecular weight excluding hydrogens is 202 g/mol. The molecule has 0 aromatic carbocycles. The molecule has 2 heterocycles. The molecule has 0 spiro atoms. The second kappa shape index (κ2) is 4.02. The third-order valence-corrected chi connectivity index (χ3v) is 2.93. The third-order valence-electron chi connectivity index (χ3n) is 2.43. The number of aromatic nitrogens is 2. The van der Waals surface area contributed by atoms with Crippen molar-refractivity contribution in [2.45, 2.75) is 18.9 Å². The van der Waals surface area contributed by atoms with Crippen LogP contribution in [0.5, 0.6) is 0 Å². The van der Waals surface area contributed by atoms with E-state index in [1.165, 1.54) is 0 Å². The highest BCUT2D eigenvalue weighted by molar-refractivity contribution is 7.03. The van der Waals surface area contributed by atoms with Crippen LogP contribution in [-0.2, 0) is 0 Å². The van der Waals surface area contributed by atoms with Crippen molar-refractivity contribution in [2.75, 3.05) is 13.2 Å². The molecule has 0 saturated carbocycles. The van der Waals surface area contributed by atoms with Crippen molar-refractivity contribution in [1.29, 1.82) is 0 Å². The van der Waals surface area contributed by atoms with Crippen molar-refractivity contribution < 1.29 is 9.90 Å². The smallest absolute Gasteiger partial charge is 0.275 e. The molecule has 14 heavy (non-hydrogen) atoms. The predicted octanol–water partition coefficient (Wildman–Crippen LogP) is 0.135. The van der Waals surface area contributed by atoms with Gasteiger partial charge in [0, 0.05) is 11.9 Å². The Balaban J connectivity index is 2.11. The number of carbonyl (C=O) groups is 1. The lowest BCUT2D eigenvalue weighted by atomic mass is 10.2. The van der Waals surface area contributed by atoms with Gasteiger partial charge in [-0.2, -0.15) is 0 Å². The number of aliphatic hydroxyl groups is 1. The molecule has 1 aliphatic heterocycles. The van der Waals surface area contributed by atoms with Crippen LogP contribution in [0.25, 0.3) is 0 Å². The molecule has 76 valence electrons. The summed E-state index contributed by atoms with van der Waals surface area (Å²) < 4.78 is 3.65. The van der Waals surface area contributed by atoms with Crippen molar-refractivity contribution in [3.05, 3.63) is 11.1 Å². The van der Waals surface area contributed by atoms with E-state index in [9.17, 15) is 4.79 Å². The van der Waals surface area contributed by atoms with Gasteiger partial charge in [0.25, 0.3) is 5.91 Å². The van der Waals surface area contributed by atoms with E-state index < -0.39 is 0 Å². The van der Waals surface area contributed by atoms with Gasteiger partial charge in [0.15, 0.2) is 5.69 Å². The minimum atomic E-state index is -0.115. The van der Waals surface area contributed by atoms with Crippen molar-refractivity contribution in [2.24, 2.45) is 0 Å². The Morgan fingerprint density at radius 3 is 3.29 bits per heavy atom. The van der Waals surface area contributed by atoms with Crippen LogP contribution in [0, 0.1) is 0 Å². The molecule has 1 aromatic heterocycles. The lowest BCUT2D eigenvalue weighted by Gasteiger charge is -2.21. The number of likely N-dealkylation sites (tertiary alicyclic amines) is 1. The lowest BCUT2D eigenvalue weighted by molar-refractivity contribution is 0.0672. The average Bonchev–Trinajstić information content (AvgIpc) is 2.87. The van der Waals surface area contributed by atoms with E-state index in [-0.39, 0.29) is 18.6 Å². The van der Waals surface area contributed by atoms with Gasteiger partial charge in [-0.25, -0.2) is 0 Å². The number of carbonyl (C=O) groups excluding carboxylic acids is 1. The topological polar surface area (TPSA) is 66.3 Å². The van der Waals surface area contributed by atoms with Crippen molar-refractivity contribution in [1.82, 2.24) is 14.5 Å². The molecule has 0 aliphatic carbocycles. The molecule has 1 N–H and O–H groups in total. The Hall–Kier alpha value is -1.01. The number of amides is 1. The Bertz CT molecular complexity index is 314. The molecule has 1 fully saturated rings. The summed E-state index contributed by atoms with van der Waals surface area (Å²) in [5, 5.41) is 14.4. The van der Waals surface area contributed by atoms with Crippen molar-refractivity contribution >= 4 is 17.4 Å². The van der Waals surface area contributed by atoms with Crippen LogP contribution in [0.4, 0.5) is 0 Å². The Morgan fingerprint density at radius 1 is 1.79 bits per heavy atom. The van der Waals surface area contributed by atoms with Crippen LogP contribution in [-0.4, -0.2) is 44.7 Å². The maximum absolute atomic E-state index is 11.8. The molecule has 5 nitrogen and oxygen atoms in total. The van der Waals surface area contributed by atoms with Gasteiger partial charge in [-0.15, -0.1) is 5.10 Å². The van der Waals surface area contributed by atoms with E-state index in [2.05, 4.69) is 9.59 Å². The van der Waals surface area contributed by atoms with Gasteiger partial charge in [0.1, 0.15) is 0 Å². The molecule has 2 rings (SSSR count). The average molecular weight is 213 g/mol. The molecule has 1 atom stereocenters. The van der Waals surface area contributed by atoms with Gasteiger partial charge in [0.05, 0.1) is 12.6 Å². The Labute approximate surface area is 85.5 Å². The van der Waals surface area contributed by atoms with E-state index in [0.717, 1.165) is 24.4 Å². The zero-order valence-corrected chi connectivity index (χ0v) is 8.40. The molecule has 1 unspecified atom stereocenters. The van der Waals surface area contributed by atoms with Crippen molar-refractivity contribution in [3.8, 4) is 0 Å². The summed E-state index contributed by atoms with van der Waals surface area (Å²) in [4.78, 5) is 13.5. The number of rotatable bonds is 2. The number of aliphatic hydroxyl groups excluding tert-OH is 1. The highest BCUT2D eigenvalue weighted by Crippen LogP contribution is 2.19. The summed E-state index contributed by atoms with van der Waals surface area (Å²) in [7, 11) is 0. The van der Waals surface area contributed by atoms with Crippen molar-refractivity contribution in [3.63, 3.8) is 0 Å². The first-order valence-electron chi connectivity index (χ1n) is 4.52. The minimum Gasteiger partial charge on any atom is -0.394 e. The lowest BCUT2D eigenvalue weighted by Crippen LogP contribution is -2.37. The summed E-state index contributed by atoms with van der Waals surface area (Å²) in [6.45, 7) is 0.741. The van der Waals surface area contributed by atoms with E-state index in [1.807, 2.05) is 0 Å². The van der Waals surface area contributed by atoms with Gasteiger partial charge < -0.3 is 10.0 Å². The van der Waals surface area contributed by atoms with Crippen LogP contribution >= 0.6 is 11.5 Å². The van der Waals surface area contributed by atoms with E-state index in [4.69, 9.17) is 5.11 Å². The normalized spacial score (nSPS) is 21.5. The largest absolute Gasteiger partial charge is 0.394 e. The highest BCUT2D eigenvalue weighted by Gasteiger charge is 2.29. The van der Waals surface area contributed by atoms with E-state index in [0.29, 0.717) is 12.2 Å². The first-order chi connectivity index (χ1) is 6.83. The number of hydrogen-bond donors (Lipinski definition) is 1. The van der Waals surface area contributed by atoms with Gasteiger partial charge in [-0.3, -0.25) is 4.79 Å². The molecule has 0 bridgehead atoms. The summed E-state index contributed by atoms with van der Waals surface area (Å²) >= 11 is 1.16. The zero-order chi connectivity index (χ0) is 9.97. The fourth-order valence-corrected chi connectivity index (χ4v) is 2.13. The molecule has 1 amide bonds. The van der Waals surface area contributed by atoms with E-state index in [1.54, 1.807) is 10.3 Å². The fraction of sp³-hybridized carbons (Fsp3) is 0.625. The molecular formula is C8H11N3O2S. The van der Waals surface area contributed by atoms with Crippen LogP contribution in [0.15, 0.2) is 5.38 Å². The predicted molar refractivity (Wildman–Crippen MR) is 51.1 cm³/mol. The quantitative estimate of drug-likeness (QED) is 0.758. The third kappa shape index (κ3) is 1.62. The number of nitrogens with zero attached hydrogens (tertiary/aromatic N) is 3. The number of hydrogen-bond acceptors (Lipinski definition) is 5. The van der Waals surface area contributed by atoms with Crippen LogP contribution in [0.2, 0.25) is 0 Å². The maximum Gasteiger partial charge on any atom is 0.275 e. The SMILES string of the molecule is O=C(c1csnn1)N1CCCC1CO. The summed E-state index contributed by atoms with van der Waals surface area (Å²) in [6.07, 6.45) is 1.83. The Morgan fingerprint density at radius 2 is 2.64 bits per heavy atom. The Kier molecular flexibility index (Phi) is 2.74. The molecule has 1 aromatic rings. The zero-order valence-electron chi connectivity index (χ0n) is 7.59. The molecule has 0 radical (unpaired) electrons. The van der Waals surface area contributed by atoms with Gasteiger partial charge in [0.2, 0.25) is 0 Å². The van der Waals surface area contributed by atoms with E-state index >= 15 is 0 Å². The second-order valence-corrected chi connectivity index (χ2v) is 3.88. The second-order valence-electron chi connectivity index (χ2n) is 3.27. The minimum absolute atomic E-state index is 0.0311. The summed E-state index contributed by atoms with van der Waals surface area (Å²) in [5.74, 6) is -0.115. The van der Waals surface area contributed by atoms with Gasteiger partial charge in [-0.1, -0.05) is 4.49 Å². The van der Waals surface area contributed by atoms with Gasteiger partial charge in [-0.05, 0) is 24.4 Å². The molecule has 6 heteroatoms. The molecule has 1 saturated heterocycles. The fourth-order valence-electron chi connectivity index (χ4n) is 1.70.